The average molecular weight is 354 g/mol. The number of hydrogen-bond acceptors (Lipinski definition) is 4. The van der Waals surface area contributed by atoms with Crippen molar-refractivity contribution in [2.75, 3.05) is 18.0 Å². The van der Waals surface area contributed by atoms with Gasteiger partial charge in [-0.2, -0.15) is 0 Å². The van der Waals surface area contributed by atoms with E-state index in [-0.39, 0.29) is 36.4 Å². The highest BCUT2D eigenvalue weighted by molar-refractivity contribution is 5.95. The molecule has 2 aliphatic rings. The van der Waals surface area contributed by atoms with Crippen LogP contribution in [0.15, 0.2) is 24.3 Å². The number of benzene rings is 1. The molecule has 24 heavy (non-hydrogen) atoms. The van der Waals surface area contributed by atoms with Crippen LogP contribution in [0.1, 0.15) is 31.2 Å². The van der Waals surface area contributed by atoms with Crippen LogP contribution in [-0.4, -0.2) is 37.1 Å². The second-order valence-electron chi connectivity index (χ2n) is 6.09. The fourth-order valence-corrected chi connectivity index (χ4v) is 3.09. The van der Waals surface area contributed by atoms with E-state index in [9.17, 15) is 9.59 Å². The third-order valence-corrected chi connectivity index (χ3v) is 4.45. The number of carbonyl (C=O) groups excluding carboxylic acids is 2. The summed E-state index contributed by atoms with van der Waals surface area (Å²) in [6.07, 6.45) is 2.73. The van der Waals surface area contributed by atoms with Crippen LogP contribution in [0.3, 0.4) is 0 Å². The van der Waals surface area contributed by atoms with Crippen molar-refractivity contribution in [3.05, 3.63) is 29.8 Å². The van der Waals surface area contributed by atoms with E-state index in [0.717, 1.165) is 37.1 Å². The van der Waals surface area contributed by atoms with E-state index in [2.05, 4.69) is 5.32 Å². The minimum atomic E-state index is -0.384. The van der Waals surface area contributed by atoms with Crippen molar-refractivity contribution in [2.24, 2.45) is 5.73 Å². The van der Waals surface area contributed by atoms with Crippen molar-refractivity contribution in [3.8, 4) is 0 Å². The maximum absolute atomic E-state index is 12.1. The Labute approximate surface area is 148 Å². The number of halogens is 1. The molecule has 2 atom stereocenters. The molecule has 132 valence electrons. The molecule has 3 N–H and O–H groups in total. The van der Waals surface area contributed by atoms with Gasteiger partial charge in [-0.05, 0) is 37.0 Å². The first-order chi connectivity index (χ1) is 11.2. The Morgan fingerprint density at radius 1 is 1.29 bits per heavy atom. The predicted octanol–water partition coefficient (Wildman–Crippen LogP) is 1.36. The van der Waals surface area contributed by atoms with E-state index in [1.54, 1.807) is 0 Å². The zero-order valence-corrected chi connectivity index (χ0v) is 14.4. The van der Waals surface area contributed by atoms with Gasteiger partial charge in [0.25, 0.3) is 0 Å². The summed E-state index contributed by atoms with van der Waals surface area (Å²) >= 11 is 0. The number of carbonyl (C=O) groups is 2. The Morgan fingerprint density at radius 3 is 2.62 bits per heavy atom. The van der Waals surface area contributed by atoms with Crippen molar-refractivity contribution in [2.45, 2.75) is 44.4 Å². The van der Waals surface area contributed by atoms with Crippen LogP contribution in [0.25, 0.3) is 0 Å². The van der Waals surface area contributed by atoms with Gasteiger partial charge in [-0.25, -0.2) is 0 Å². The summed E-state index contributed by atoms with van der Waals surface area (Å²) < 4.78 is 5.58. The van der Waals surface area contributed by atoms with Crippen molar-refractivity contribution in [3.63, 3.8) is 0 Å². The van der Waals surface area contributed by atoms with Crippen LogP contribution in [0.4, 0.5) is 5.69 Å². The molecule has 0 bridgehead atoms. The monoisotopic (exact) mass is 353 g/mol. The number of amides is 2. The Hall–Kier alpha value is -1.63. The molecular formula is C17H24ClN3O3. The number of hydrogen-bond donors (Lipinski definition) is 2. The van der Waals surface area contributed by atoms with Gasteiger partial charge in [-0.1, -0.05) is 12.1 Å². The summed E-state index contributed by atoms with van der Waals surface area (Å²) in [4.78, 5) is 25.6. The zero-order valence-electron chi connectivity index (χ0n) is 13.6. The quantitative estimate of drug-likeness (QED) is 0.837. The number of rotatable bonds is 5. The fraction of sp³-hybridized carbons (Fsp3) is 0.529. The summed E-state index contributed by atoms with van der Waals surface area (Å²) in [5, 5.41) is 2.90. The highest BCUT2D eigenvalue weighted by Gasteiger charge is 2.29. The molecule has 7 heteroatoms. The third kappa shape index (κ3) is 4.26. The number of ether oxygens (including phenoxy) is 1. The van der Waals surface area contributed by atoms with E-state index in [4.69, 9.17) is 10.5 Å². The molecule has 0 aliphatic carbocycles. The highest BCUT2D eigenvalue weighted by Crippen LogP contribution is 2.22. The summed E-state index contributed by atoms with van der Waals surface area (Å²) in [6, 6.07) is 7.75. The maximum atomic E-state index is 12.1. The van der Waals surface area contributed by atoms with Crippen LogP contribution < -0.4 is 16.0 Å². The normalized spacial score (nSPS) is 23.2. The lowest BCUT2D eigenvalue weighted by atomic mass is 10.1. The number of nitrogens with zero attached hydrogens (tertiary/aromatic N) is 1. The molecule has 0 unspecified atom stereocenters. The third-order valence-electron chi connectivity index (χ3n) is 4.45. The summed E-state index contributed by atoms with van der Waals surface area (Å²) in [5.74, 6) is 0.0960. The van der Waals surface area contributed by atoms with Gasteiger partial charge in [0.1, 0.15) is 6.10 Å². The molecule has 2 saturated heterocycles. The molecule has 1 aromatic rings. The van der Waals surface area contributed by atoms with Crippen LogP contribution in [0.2, 0.25) is 0 Å². The smallest absolute Gasteiger partial charge is 0.249 e. The van der Waals surface area contributed by atoms with Gasteiger partial charge in [0, 0.05) is 31.7 Å². The maximum Gasteiger partial charge on any atom is 0.249 e. The van der Waals surface area contributed by atoms with E-state index < -0.39 is 0 Å². The molecule has 6 nitrogen and oxygen atoms in total. The predicted molar refractivity (Wildman–Crippen MR) is 94.1 cm³/mol. The SMILES string of the molecule is Cl.NC[C@H]1CC[C@@H](C(=O)NCc2ccc(N3CCCC3=O)cc2)O1. The van der Waals surface area contributed by atoms with E-state index in [1.807, 2.05) is 29.2 Å². The first kappa shape index (κ1) is 18.7. The van der Waals surface area contributed by atoms with E-state index in [1.165, 1.54) is 0 Å². The lowest BCUT2D eigenvalue weighted by Gasteiger charge is -2.16. The molecular weight excluding hydrogens is 330 g/mol. The average Bonchev–Trinajstić information content (AvgIpc) is 3.22. The molecule has 0 aromatic heterocycles. The van der Waals surface area contributed by atoms with Crippen molar-refractivity contribution in [1.82, 2.24) is 5.32 Å². The molecule has 2 amide bonds. The molecule has 0 saturated carbocycles. The Balaban J connectivity index is 0.00000208. The fourth-order valence-electron chi connectivity index (χ4n) is 3.09. The van der Waals surface area contributed by atoms with Crippen LogP contribution in [0, 0.1) is 0 Å². The Bertz CT molecular complexity index is 579. The van der Waals surface area contributed by atoms with Crippen LogP contribution in [0.5, 0.6) is 0 Å². The van der Waals surface area contributed by atoms with Gasteiger partial charge in [-0.15, -0.1) is 12.4 Å². The molecule has 2 fully saturated rings. The Morgan fingerprint density at radius 2 is 2.04 bits per heavy atom. The zero-order chi connectivity index (χ0) is 16.2. The minimum absolute atomic E-state index is 0. The van der Waals surface area contributed by atoms with Gasteiger partial charge in [0.15, 0.2) is 0 Å². The second-order valence-corrected chi connectivity index (χ2v) is 6.09. The molecule has 0 radical (unpaired) electrons. The first-order valence-electron chi connectivity index (χ1n) is 8.20. The second kappa shape index (κ2) is 8.46. The van der Waals surface area contributed by atoms with Gasteiger partial charge >= 0.3 is 0 Å². The van der Waals surface area contributed by atoms with Gasteiger partial charge in [0.05, 0.1) is 6.10 Å². The van der Waals surface area contributed by atoms with Crippen molar-refractivity contribution < 1.29 is 14.3 Å². The number of anilines is 1. The minimum Gasteiger partial charge on any atom is -0.364 e. The first-order valence-corrected chi connectivity index (χ1v) is 8.20. The van der Waals surface area contributed by atoms with E-state index >= 15 is 0 Å². The van der Waals surface area contributed by atoms with E-state index in [0.29, 0.717) is 19.5 Å². The number of nitrogens with one attached hydrogen (secondary N) is 1. The molecule has 3 rings (SSSR count). The van der Waals surface area contributed by atoms with Crippen LogP contribution in [-0.2, 0) is 20.9 Å². The van der Waals surface area contributed by atoms with Crippen molar-refractivity contribution >= 4 is 29.9 Å². The highest BCUT2D eigenvalue weighted by atomic mass is 35.5. The standard InChI is InChI=1S/C17H23N3O3.ClH/c18-10-14-7-8-15(23-14)17(22)19-11-12-3-5-13(6-4-12)20-9-1-2-16(20)21;/h3-6,14-15H,1-2,7-11,18H2,(H,19,22);1H/t14-,15+;/m1./s1. The number of nitrogens with two attached hydrogens (primary N) is 1. The molecule has 1 aromatic carbocycles. The largest absolute Gasteiger partial charge is 0.364 e. The lowest BCUT2D eigenvalue weighted by Crippen LogP contribution is -2.35. The molecule has 2 aliphatic heterocycles. The summed E-state index contributed by atoms with van der Waals surface area (Å²) in [7, 11) is 0. The Kier molecular flexibility index (Phi) is 6.60. The van der Waals surface area contributed by atoms with Gasteiger partial charge < -0.3 is 20.7 Å². The van der Waals surface area contributed by atoms with Crippen molar-refractivity contribution in [1.29, 1.82) is 0 Å². The summed E-state index contributed by atoms with van der Waals surface area (Å²) in [6.45, 7) is 1.71. The topological polar surface area (TPSA) is 84.7 Å². The molecule has 0 spiro atoms. The van der Waals surface area contributed by atoms with Crippen LogP contribution >= 0.6 is 12.4 Å². The van der Waals surface area contributed by atoms with Gasteiger partial charge in [-0.3, -0.25) is 9.59 Å². The van der Waals surface area contributed by atoms with Gasteiger partial charge in [0.2, 0.25) is 11.8 Å². The molecule has 2 heterocycles. The lowest BCUT2D eigenvalue weighted by molar-refractivity contribution is -0.132. The summed E-state index contributed by atoms with van der Waals surface area (Å²) in [5.41, 5.74) is 7.48.